The van der Waals surface area contributed by atoms with Crippen molar-refractivity contribution in [1.29, 1.82) is 0 Å². The molecule has 0 aromatic heterocycles. The predicted molar refractivity (Wildman–Crippen MR) is 133 cm³/mol. The smallest absolute Gasteiger partial charge is 0.254 e. The number of fused-ring (bicyclic) bond motifs is 1. The number of benzene rings is 2. The molecule has 182 valence electrons. The first kappa shape index (κ1) is 24.2. The maximum atomic E-state index is 13.0. The largest absolute Gasteiger partial charge is 0.373 e. The molecule has 2 N–H and O–H groups in total. The number of carbonyl (C=O) groups excluding carboxylic acids is 1. The fraction of sp³-hybridized carbons (Fsp3) is 0.480. The van der Waals surface area contributed by atoms with Gasteiger partial charge < -0.3 is 29.6 Å². The molecule has 0 saturated carbocycles. The summed E-state index contributed by atoms with van der Waals surface area (Å²) in [5, 5.41) is 0. The molecule has 5 rings (SSSR count). The van der Waals surface area contributed by atoms with Crippen molar-refractivity contribution in [3.63, 3.8) is 0 Å². The van der Waals surface area contributed by atoms with E-state index >= 15 is 0 Å². The molecule has 0 bridgehead atoms. The monoisotopic (exact) mass is 548 g/mol. The van der Waals surface area contributed by atoms with Gasteiger partial charge in [0.1, 0.15) is 23.7 Å². The van der Waals surface area contributed by atoms with Crippen molar-refractivity contribution in [2.24, 2.45) is 5.73 Å². The quantitative estimate of drug-likeness (QED) is 0.584. The van der Waals surface area contributed by atoms with Crippen LogP contribution in [0, 0.1) is 0 Å². The van der Waals surface area contributed by atoms with Gasteiger partial charge in [0.15, 0.2) is 6.29 Å². The molecule has 3 fully saturated rings. The normalized spacial score (nSPS) is 31.0. The van der Waals surface area contributed by atoms with Gasteiger partial charge in [-0.1, -0.05) is 58.0 Å². The highest BCUT2D eigenvalue weighted by atomic mass is 79.9. The van der Waals surface area contributed by atoms with Crippen molar-refractivity contribution in [3.05, 3.63) is 64.1 Å². The van der Waals surface area contributed by atoms with E-state index < -0.39 is 23.9 Å². The van der Waals surface area contributed by atoms with Crippen LogP contribution in [0.25, 0.3) is 0 Å². The molecule has 1 amide bonds. The third-order valence-corrected chi connectivity index (χ3v) is 8.08. The van der Waals surface area contributed by atoms with Gasteiger partial charge in [-0.15, -0.1) is 0 Å². The summed E-state index contributed by atoms with van der Waals surface area (Å²) in [6.45, 7) is 4.40. The van der Waals surface area contributed by atoms with Crippen LogP contribution in [-0.4, -0.2) is 66.9 Å². The van der Waals surface area contributed by atoms with Crippen LogP contribution in [0.2, 0.25) is 0 Å². The molecule has 7 nitrogen and oxygen atoms in total. The minimum absolute atomic E-state index is 0.0437. The van der Waals surface area contributed by atoms with Gasteiger partial charge in [-0.05, 0) is 31.5 Å². The standard InChI is InChI=1S/C25H29BrN2O5S/c1-2-30-22-20(27)21-18(14-31-24(33-21)15-7-4-3-5-8-15)32-25(22)34-19-13-16(26)9-10-17(19)23(29)28-11-6-12-28/h3-5,7-10,13,18,20-22,24-25H,2,6,11-12,14,27H2,1H3. The van der Waals surface area contributed by atoms with Gasteiger partial charge in [-0.3, -0.25) is 4.79 Å². The summed E-state index contributed by atoms with van der Waals surface area (Å²) in [5.74, 6) is 0.0437. The molecule has 2 aromatic rings. The number of ether oxygens (including phenoxy) is 4. The first-order valence-corrected chi connectivity index (χ1v) is 13.3. The zero-order valence-corrected chi connectivity index (χ0v) is 21.4. The number of rotatable bonds is 6. The zero-order valence-electron chi connectivity index (χ0n) is 19.0. The van der Waals surface area contributed by atoms with E-state index in [1.165, 1.54) is 11.8 Å². The Bertz CT molecular complexity index is 1010. The number of likely N-dealkylation sites (tertiary alicyclic amines) is 1. The second kappa shape index (κ2) is 10.7. The molecule has 0 aliphatic carbocycles. The Kier molecular flexibility index (Phi) is 7.60. The number of hydrogen-bond donors (Lipinski definition) is 1. The fourth-order valence-electron chi connectivity index (χ4n) is 4.47. The summed E-state index contributed by atoms with van der Waals surface area (Å²) in [5.41, 5.74) is 7.93. The van der Waals surface area contributed by atoms with E-state index in [1.54, 1.807) is 0 Å². The van der Waals surface area contributed by atoms with Crippen LogP contribution >= 0.6 is 27.7 Å². The molecule has 9 heteroatoms. The van der Waals surface area contributed by atoms with Crippen LogP contribution in [0.15, 0.2) is 57.9 Å². The lowest BCUT2D eigenvalue weighted by molar-refractivity contribution is -0.300. The van der Waals surface area contributed by atoms with Gasteiger partial charge in [-0.2, -0.15) is 0 Å². The van der Waals surface area contributed by atoms with Gasteiger partial charge in [-0.25, -0.2) is 0 Å². The molecule has 3 saturated heterocycles. The Morgan fingerprint density at radius 1 is 1.21 bits per heavy atom. The lowest BCUT2D eigenvalue weighted by Gasteiger charge is -2.48. The minimum atomic E-state index is -0.491. The summed E-state index contributed by atoms with van der Waals surface area (Å²) in [6.07, 6.45) is -0.542. The second-order valence-corrected chi connectivity index (χ2v) is 10.7. The number of amides is 1. The van der Waals surface area contributed by atoms with E-state index in [4.69, 9.17) is 24.7 Å². The Morgan fingerprint density at radius 2 is 2.00 bits per heavy atom. The van der Waals surface area contributed by atoms with Gasteiger partial charge in [0.05, 0.1) is 18.2 Å². The van der Waals surface area contributed by atoms with E-state index in [-0.39, 0.29) is 18.1 Å². The number of nitrogens with two attached hydrogens (primary N) is 1. The third kappa shape index (κ3) is 4.93. The van der Waals surface area contributed by atoms with Crippen LogP contribution in [-0.2, 0) is 18.9 Å². The second-order valence-electron chi connectivity index (χ2n) is 8.62. The molecule has 0 spiro atoms. The van der Waals surface area contributed by atoms with Crippen molar-refractivity contribution >= 4 is 33.6 Å². The predicted octanol–water partition coefficient (Wildman–Crippen LogP) is 3.96. The average Bonchev–Trinajstić information content (AvgIpc) is 2.81. The first-order valence-electron chi connectivity index (χ1n) is 11.6. The van der Waals surface area contributed by atoms with Crippen molar-refractivity contribution in [2.45, 2.75) is 54.3 Å². The lowest BCUT2D eigenvalue weighted by atomic mass is 9.96. The topological polar surface area (TPSA) is 83.2 Å². The third-order valence-electron chi connectivity index (χ3n) is 6.39. The molecule has 6 atom stereocenters. The highest BCUT2D eigenvalue weighted by molar-refractivity contribution is 9.10. The zero-order chi connectivity index (χ0) is 23.7. The van der Waals surface area contributed by atoms with Gasteiger partial charge in [0.2, 0.25) is 0 Å². The molecule has 3 aliphatic rings. The highest BCUT2D eigenvalue weighted by Gasteiger charge is 2.49. The van der Waals surface area contributed by atoms with Crippen LogP contribution in [0.5, 0.6) is 0 Å². The minimum Gasteiger partial charge on any atom is -0.373 e. The maximum Gasteiger partial charge on any atom is 0.254 e. The van der Waals surface area contributed by atoms with Gasteiger partial charge in [0.25, 0.3) is 5.91 Å². The molecule has 3 heterocycles. The van der Waals surface area contributed by atoms with Crippen molar-refractivity contribution in [1.82, 2.24) is 4.90 Å². The summed E-state index contributed by atoms with van der Waals surface area (Å²) in [7, 11) is 0. The average molecular weight is 549 g/mol. The molecular formula is C25H29BrN2O5S. The van der Waals surface area contributed by atoms with Crippen LogP contribution in [0.1, 0.15) is 35.6 Å². The summed E-state index contributed by atoms with van der Waals surface area (Å²) in [4.78, 5) is 15.7. The van der Waals surface area contributed by atoms with Gasteiger partial charge >= 0.3 is 0 Å². The number of hydrogen-bond acceptors (Lipinski definition) is 7. The van der Waals surface area contributed by atoms with E-state index in [9.17, 15) is 4.79 Å². The van der Waals surface area contributed by atoms with Crippen LogP contribution < -0.4 is 5.73 Å². The Labute approximate surface area is 212 Å². The van der Waals surface area contributed by atoms with Crippen LogP contribution in [0.3, 0.4) is 0 Å². The van der Waals surface area contributed by atoms with E-state index in [0.29, 0.717) is 18.8 Å². The maximum absolute atomic E-state index is 13.0. The van der Waals surface area contributed by atoms with Gasteiger partial charge in [0, 0.05) is 34.6 Å². The molecule has 0 radical (unpaired) electrons. The Balaban J connectivity index is 1.36. The summed E-state index contributed by atoms with van der Waals surface area (Å²) >= 11 is 5.02. The van der Waals surface area contributed by atoms with Crippen molar-refractivity contribution in [3.8, 4) is 0 Å². The molecule has 3 aliphatic heterocycles. The van der Waals surface area contributed by atoms with E-state index in [1.807, 2.05) is 60.4 Å². The van der Waals surface area contributed by atoms with Crippen LogP contribution in [0.4, 0.5) is 0 Å². The Hall–Kier alpha value is -1.46. The fourth-order valence-corrected chi connectivity index (χ4v) is 6.30. The SMILES string of the molecule is CCOC1C(Sc2cc(Br)ccc2C(=O)N2CCC2)OC2COC(c3ccccc3)OC2C1N. The number of halogens is 1. The Morgan fingerprint density at radius 3 is 2.71 bits per heavy atom. The highest BCUT2D eigenvalue weighted by Crippen LogP contribution is 2.41. The van der Waals surface area contributed by atoms with Crippen molar-refractivity contribution in [2.75, 3.05) is 26.3 Å². The molecule has 2 aromatic carbocycles. The first-order chi connectivity index (χ1) is 16.5. The molecule has 6 unspecified atom stereocenters. The van der Waals surface area contributed by atoms with E-state index in [2.05, 4.69) is 15.9 Å². The summed E-state index contributed by atoms with van der Waals surface area (Å²) in [6, 6.07) is 15.1. The molecular weight excluding hydrogens is 520 g/mol. The lowest BCUT2D eigenvalue weighted by Crippen LogP contribution is -2.64. The van der Waals surface area contributed by atoms with Crippen molar-refractivity contribution < 1.29 is 23.7 Å². The number of nitrogens with zero attached hydrogens (tertiary/aromatic N) is 1. The summed E-state index contributed by atoms with van der Waals surface area (Å²) < 4.78 is 25.7. The molecule has 34 heavy (non-hydrogen) atoms. The van der Waals surface area contributed by atoms with E-state index in [0.717, 1.165) is 34.4 Å². The number of thioether (sulfide) groups is 1. The number of carbonyl (C=O) groups is 1.